The number of hydrogen-bond acceptors (Lipinski definition) is 5. The average molecular weight is 481 g/mol. The van der Waals surface area contributed by atoms with Gasteiger partial charge in [0.1, 0.15) is 23.0 Å². The third-order valence-corrected chi connectivity index (χ3v) is 7.08. The Morgan fingerprint density at radius 2 is 1.71 bits per heavy atom. The van der Waals surface area contributed by atoms with E-state index in [0.717, 1.165) is 5.56 Å². The second-order valence-electron chi connectivity index (χ2n) is 7.71. The van der Waals surface area contributed by atoms with E-state index in [1.54, 1.807) is 24.3 Å². The first kappa shape index (κ1) is 23.2. The van der Waals surface area contributed by atoms with Crippen molar-refractivity contribution in [2.75, 3.05) is 12.4 Å². The maximum Gasteiger partial charge on any atom is 0.244 e. The van der Waals surface area contributed by atoms with Crippen LogP contribution >= 0.6 is 0 Å². The Kier molecular flexibility index (Phi) is 6.21. The zero-order chi connectivity index (χ0) is 24.5. The molecule has 0 atom stereocenters. The molecule has 174 valence electrons. The van der Waals surface area contributed by atoms with Crippen molar-refractivity contribution in [2.45, 2.75) is 23.3 Å². The van der Waals surface area contributed by atoms with Crippen LogP contribution in [0.2, 0.25) is 0 Å². The number of pyridine rings is 1. The number of anilines is 1. The van der Waals surface area contributed by atoms with E-state index in [1.807, 2.05) is 6.92 Å². The maximum atomic E-state index is 13.3. The number of rotatable bonds is 6. The third kappa shape index (κ3) is 4.55. The molecule has 0 saturated carbocycles. The monoisotopic (exact) mass is 480 g/mol. The molecule has 0 aliphatic rings. The number of aryl methyl sites for hydroxylation is 1. The van der Waals surface area contributed by atoms with Gasteiger partial charge in [0, 0.05) is 11.9 Å². The van der Waals surface area contributed by atoms with Crippen molar-refractivity contribution >= 4 is 32.3 Å². The van der Waals surface area contributed by atoms with Gasteiger partial charge in [0.15, 0.2) is 0 Å². The van der Waals surface area contributed by atoms with Gasteiger partial charge in [-0.2, -0.15) is 0 Å². The van der Waals surface area contributed by atoms with Crippen LogP contribution in [-0.2, 0) is 21.2 Å². The number of sulfone groups is 1. The maximum absolute atomic E-state index is 13.3. The Labute approximate surface area is 195 Å². The fourth-order valence-electron chi connectivity index (χ4n) is 3.53. The number of aromatic nitrogens is 1. The van der Waals surface area contributed by atoms with Gasteiger partial charge in [0.2, 0.25) is 21.2 Å². The van der Waals surface area contributed by atoms with E-state index in [2.05, 4.69) is 5.32 Å². The van der Waals surface area contributed by atoms with E-state index in [-0.39, 0.29) is 16.8 Å². The molecule has 1 amide bonds. The lowest BCUT2D eigenvalue weighted by Gasteiger charge is -2.15. The van der Waals surface area contributed by atoms with E-state index in [1.165, 1.54) is 60.3 Å². The molecule has 0 bridgehead atoms. The topological polar surface area (TPSA) is 94.5 Å². The number of ether oxygens (including phenoxy) is 1. The summed E-state index contributed by atoms with van der Waals surface area (Å²) in [7, 11) is -2.73. The fraction of sp³-hybridized carbons (Fsp3) is 0.120. The molecule has 0 aliphatic carbocycles. The number of benzene rings is 3. The smallest absolute Gasteiger partial charge is 0.244 e. The normalized spacial score (nSPS) is 11.4. The molecule has 0 fully saturated rings. The van der Waals surface area contributed by atoms with Crippen molar-refractivity contribution in [1.29, 1.82) is 0 Å². The van der Waals surface area contributed by atoms with Gasteiger partial charge < -0.3 is 14.6 Å². The molecular weight excluding hydrogens is 459 g/mol. The minimum Gasteiger partial charge on any atom is -0.497 e. The van der Waals surface area contributed by atoms with Gasteiger partial charge in [0.05, 0.1) is 22.9 Å². The van der Waals surface area contributed by atoms with Gasteiger partial charge >= 0.3 is 0 Å². The minimum atomic E-state index is -4.17. The molecule has 9 heteroatoms. The van der Waals surface area contributed by atoms with Crippen LogP contribution in [0.1, 0.15) is 5.56 Å². The third-order valence-electron chi connectivity index (χ3n) is 5.32. The SMILES string of the molecule is COc1ccc2c(c1)c(=O)c(S(=O)(=O)c1ccc(C)cc1)cn2CC(=O)Nc1ccc(F)cc1. The highest BCUT2D eigenvalue weighted by atomic mass is 32.2. The van der Waals surface area contributed by atoms with E-state index in [9.17, 15) is 22.4 Å². The molecule has 1 aromatic heterocycles. The highest BCUT2D eigenvalue weighted by Crippen LogP contribution is 2.24. The standard InChI is InChI=1S/C25H21FN2O5S/c1-16-3-10-20(11-4-16)34(31,32)23-14-28(15-24(29)27-18-7-5-17(26)6-8-18)22-12-9-19(33-2)13-21(22)25(23)30/h3-14H,15H2,1-2H3,(H,27,29). The first-order chi connectivity index (χ1) is 16.2. The van der Waals surface area contributed by atoms with Crippen LogP contribution in [0.3, 0.4) is 0 Å². The summed E-state index contributed by atoms with van der Waals surface area (Å²) in [6.07, 6.45) is 1.18. The van der Waals surface area contributed by atoms with E-state index < -0.39 is 31.9 Å². The highest BCUT2D eigenvalue weighted by molar-refractivity contribution is 7.91. The molecule has 0 radical (unpaired) electrons. The Balaban J connectivity index is 1.83. The number of nitrogens with zero attached hydrogens (tertiary/aromatic N) is 1. The van der Waals surface area contributed by atoms with E-state index >= 15 is 0 Å². The van der Waals surface area contributed by atoms with E-state index in [4.69, 9.17) is 4.74 Å². The lowest BCUT2D eigenvalue weighted by Crippen LogP contribution is -2.24. The van der Waals surface area contributed by atoms with Crippen LogP contribution in [0.5, 0.6) is 5.75 Å². The summed E-state index contributed by atoms with van der Waals surface area (Å²) in [5.41, 5.74) is 0.926. The summed E-state index contributed by atoms with van der Waals surface area (Å²) in [6.45, 7) is 1.54. The second-order valence-corrected chi connectivity index (χ2v) is 9.62. The van der Waals surface area contributed by atoms with Crippen LogP contribution in [0.15, 0.2) is 87.5 Å². The zero-order valence-corrected chi connectivity index (χ0v) is 19.2. The predicted molar refractivity (Wildman–Crippen MR) is 126 cm³/mol. The molecule has 0 saturated heterocycles. The van der Waals surface area contributed by atoms with Crippen LogP contribution in [0.25, 0.3) is 10.9 Å². The molecule has 1 heterocycles. The van der Waals surface area contributed by atoms with Gasteiger partial charge in [-0.25, -0.2) is 12.8 Å². The molecule has 0 spiro atoms. The van der Waals surface area contributed by atoms with Gasteiger partial charge in [0.25, 0.3) is 0 Å². The molecule has 4 rings (SSSR count). The Morgan fingerprint density at radius 3 is 2.35 bits per heavy atom. The Hall–Kier alpha value is -3.98. The summed E-state index contributed by atoms with van der Waals surface area (Å²) in [5.74, 6) is -0.549. The fourth-order valence-corrected chi connectivity index (χ4v) is 4.90. The van der Waals surface area contributed by atoms with E-state index in [0.29, 0.717) is 17.0 Å². The summed E-state index contributed by atoms with van der Waals surface area (Å²) in [5, 5.41) is 2.74. The summed E-state index contributed by atoms with van der Waals surface area (Å²) >= 11 is 0. The van der Waals surface area contributed by atoms with Crippen LogP contribution in [-0.4, -0.2) is 26.0 Å². The van der Waals surface area contributed by atoms with Crippen molar-refractivity contribution in [3.05, 3.63) is 94.5 Å². The zero-order valence-electron chi connectivity index (χ0n) is 18.4. The Bertz CT molecular complexity index is 1540. The molecule has 7 nitrogen and oxygen atoms in total. The summed E-state index contributed by atoms with van der Waals surface area (Å²) < 4.78 is 46.4. The molecular formula is C25H21FN2O5S. The molecule has 4 aromatic rings. The van der Waals surface area contributed by atoms with Crippen molar-refractivity contribution in [3.8, 4) is 5.75 Å². The quantitative estimate of drug-likeness (QED) is 0.451. The number of carbonyl (C=O) groups excluding carboxylic acids is 1. The number of amides is 1. The highest BCUT2D eigenvalue weighted by Gasteiger charge is 2.24. The second kappa shape index (κ2) is 9.11. The Morgan fingerprint density at radius 1 is 1.03 bits per heavy atom. The number of hydrogen-bond donors (Lipinski definition) is 1. The predicted octanol–water partition coefficient (Wildman–Crippen LogP) is 3.93. The van der Waals surface area contributed by atoms with Crippen molar-refractivity contribution in [3.63, 3.8) is 0 Å². The van der Waals surface area contributed by atoms with Crippen molar-refractivity contribution in [2.24, 2.45) is 0 Å². The lowest BCUT2D eigenvalue weighted by molar-refractivity contribution is -0.116. The molecule has 0 aliphatic heterocycles. The van der Waals surface area contributed by atoms with Gasteiger partial charge in [-0.3, -0.25) is 9.59 Å². The number of carbonyl (C=O) groups is 1. The molecule has 1 N–H and O–H groups in total. The van der Waals surface area contributed by atoms with Crippen molar-refractivity contribution < 1.29 is 22.3 Å². The van der Waals surface area contributed by atoms with Crippen LogP contribution in [0.4, 0.5) is 10.1 Å². The van der Waals surface area contributed by atoms with Gasteiger partial charge in [-0.05, 0) is 61.5 Å². The first-order valence-electron chi connectivity index (χ1n) is 10.3. The molecule has 0 unspecified atom stereocenters. The minimum absolute atomic E-state index is 0.0280. The van der Waals surface area contributed by atoms with Gasteiger partial charge in [-0.1, -0.05) is 17.7 Å². The largest absolute Gasteiger partial charge is 0.497 e. The summed E-state index contributed by atoms with van der Waals surface area (Å²) in [6, 6.07) is 16.1. The van der Waals surface area contributed by atoms with Crippen molar-refractivity contribution in [1.82, 2.24) is 4.57 Å². The first-order valence-corrected chi connectivity index (χ1v) is 11.8. The number of fused-ring (bicyclic) bond motifs is 1. The van der Waals surface area contributed by atoms with Crippen LogP contribution in [0, 0.1) is 12.7 Å². The number of halogens is 1. The number of methoxy groups -OCH3 is 1. The average Bonchev–Trinajstić information content (AvgIpc) is 2.82. The van der Waals surface area contributed by atoms with Crippen LogP contribution < -0.4 is 15.5 Å². The van der Waals surface area contributed by atoms with Gasteiger partial charge in [-0.15, -0.1) is 0 Å². The summed E-state index contributed by atoms with van der Waals surface area (Å²) in [4.78, 5) is 25.5. The number of nitrogens with one attached hydrogen (secondary N) is 1. The molecule has 34 heavy (non-hydrogen) atoms. The molecule has 3 aromatic carbocycles. The lowest BCUT2D eigenvalue weighted by atomic mass is 10.2.